The molecule has 2 aromatic carbocycles. The predicted octanol–water partition coefficient (Wildman–Crippen LogP) is 2.39. The standard InChI is InChI=1S/C20H24N2O4/c1-25-12-4-11-21-19(23)16-5-3-6-17(13-16)20(24)22-14-15-7-9-18(26-2)10-8-15/h3,5-10,13H,4,11-12,14H2,1-2H3,(H,21,23)(H,22,24). The summed E-state index contributed by atoms with van der Waals surface area (Å²) in [5.74, 6) is 0.338. The molecule has 6 heteroatoms. The van der Waals surface area contributed by atoms with Crippen molar-refractivity contribution in [1.82, 2.24) is 10.6 Å². The summed E-state index contributed by atoms with van der Waals surface area (Å²) in [7, 11) is 3.23. The third-order valence-electron chi connectivity index (χ3n) is 3.81. The highest BCUT2D eigenvalue weighted by atomic mass is 16.5. The lowest BCUT2D eigenvalue weighted by molar-refractivity contribution is 0.0948. The molecule has 0 spiro atoms. The highest BCUT2D eigenvalue weighted by Gasteiger charge is 2.10. The average Bonchev–Trinajstić information content (AvgIpc) is 2.69. The molecule has 138 valence electrons. The van der Waals surface area contributed by atoms with E-state index in [-0.39, 0.29) is 11.8 Å². The number of rotatable bonds is 9. The zero-order valence-electron chi connectivity index (χ0n) is 15.1. The van der Waals surface area contributed by atoms with Gasteiger partial charge in [-0.05, 0) is 42.3 Å². The predicted molar refractivity (Wildman–Crippen MR) is 99.4 cm³/mol. The molecule has 0 unspecified atom stereocenters. The molecule has 0 aliphatic rings. The quantitative estimate of drug-likeness (QED) is 0.677. The number of nitrogens with one attached hydrogen (secondary N) is 2. The number of methoxy groups -OCH3 is 2. The molecule has 2 N–H and O–H groups in total. The van der Waals surface area contributed by atoms with Crippen LogP contribution >= 0.6 is 0 Å². The van der Waals surface area contributed by atoms with Gasteiger partial charge in [-0.2, -0.15) is 0 Å². The Morgan fingerprint density at radius 3 is 2.19 bits per heavy atom. The number of carbonyl (C=O) groups is 2. The van der Waals surface area contributed by atoms with Gasteiger partial charge in [0.1, 0.15) is 5.75 Å². The van der Waals surface area contributed by atoms with Crippen molar-refractivity contribution >= 4 is 11.8 Å². The van der Waals surface area contributed by atoms with Crippen LogP contribution < -0.4 is 15.4 Å². The lowest BCUT2D eigenvalue weighted by atomic mass is 10.1. The van der Waals surface area contributed by atoms with E-state index < -0.39 is 0 Å². The van der Waals surface area contributed by atoms with Crippen molar-refractivity contribution in [3.63, 3.8) is 0 Å². The third-order valence-corrected chi connectivity index (χ3v) is 3.81. The molecule has 0 saturated carbocycles. The Balaban J connectivity index is 1.91. The Kier molecular flexibility index (Phi) is 7.64. The highest BCUT2D eigenvalue weighted by Crippen LogP contribution is 2.11. The second-order valence-corrected chi connectivity index (χ2v) is 5.71. The zero-order valence-corrected chi connectivity index (χ0v) is 15.1. The van der Waals surface area contributed by atoms with Crippen molar-refractivity contribution < 1.29 is 19.1 Å². The number of carbonyl (C=O) groups excluding carboxylic acids is 2. The molecule has 0 radical (unpaired) electrons. The summed E-state index contributed by atoms with van der Waals surface area (Å²) in [5.41, 5.74) is 1.87. The summed E-state index contributed by atoms with van der Waals surface area (Å²) in [6.45, 7) is 1.52. The third kappa shape index (κ3) is 5.89. The number of ether oxygens (including phenoxy) is 2. The van der Waals surface area contributed by atoms with Gasteiger partial charge < -0.3 is 20.1 Å². The minimum absolute atomic E-state index is 0.203. The maximum atomic E-state index is 12.3. The Morgan fingerprint density at radius 2 is 1.58 bits per heavy atom. The van der Waals surface area contributed by atoms with Crippen LogP contribution in [-0.4, -0.2) is 39.2 Å². The minimum atomic E-state index is -0.227. The van der Waals surface area contributed by atoms with Crippen molar-refractivity contribution in [3.8, 4) is 5.75 Å². The SMILES string of the molecule is COCCCNC(=O)c1cccc(C(=O)NCc2ccc(OC)cc2)c1. The van der Waals surface area contributed by atoms with E-state index in [4.69, 9.17) is 9.47 Å². The summed E-state index contributed by atoms with van der Waals surface area (Å²) >= 11 is 0. The zero-order chi connectivity index (χ0) is 18.8. The van der Waals surface area contributed by atoms with Gasteiger partial charge >= 0.3 is 0 Å². The first kappa shape index (κ1) is 19.5. The maximum Gasteiger partial charge on any atom is 0.251 e. The lowest BCUT2D eigenvalue weighted by Gasteiger charge is -2.08. The number of hydrogen-bond acceptors (Lipinski definition) is 4. The number of hydrogen-bond donors (Lipinski definition) is 2. The molecule has 0 bridgehead atoms. The molecule has 6 nitrogen and oxygen atoms in total. The summed E-state index contributed by atoms with van der Waals surface area (Å²) in [6, 6.07) is 14.1. The van der Waals surface area contributed by atoms with Gasteiger partial charge in [0.2, 0.25) is 0 Å². The van der Waals surface area contributed by atoms with Crippen molar-refractivity contribution in [3.05, 3.63) is 65.2 Å². The van der Waals surface area contributed by atoms with Gasteiger partial charge in [-0.3, -0.25) is 9.59 Å². The van der Waals surface area contributed by atoms with E-state index in [2.05, 4.69) is 10.6 Å². The van der Waals surface area contributed by atoms with Gasteiger partial charge in [-0.25, -0.2) is 0 Å². The van der Waals surface area contributed by atoms with Gasteiger partial charge in [-0.1, -0.05) is 18.2 Å². The topological polar surface area (TPSA) is 76.7 Å². The van der Waals surface area contributed by atoms with Crippen LogP contribution in [0, 0.1) is 0 Å². The minimum Gasteiger partial charge on any atom is -0.497 e. The molecule has 26 heavy (non-hydrogen) atoms. The fraction of sp³-hybridized carbons (Fsp3) is 0.300. The highest BCUT2D eigenvalue weighted by molar-refractivity contribution is 5.99. The summed E-state index contributed by atoms with van der Waals surface area (Å²) in [6.07, 6.45) is 0.740. The Bertz CT molecular complexity index is 729. The maximum absolute atomic E-state index is 12.3. The van der Waals surface area contributed by atoms with Gasteiger partial charge in [0.25, 0.3) is 11.8 Å². The average molecular weight is 356 g/mol. The molecule has 2 aromatic rings. The molecule has 0 fully saturated rings. The fourth-order valence-electron chi connectivity index (χ4n) is 2.35. The van der Waals surface area contributed by atoms with E-state index in [1.807, 2.05) is 24.3 Å². The van der Waals surface area contributed by atoms with Crippen LogP contribution in [0.2, 0.25) is 0 Å². The fourth-order valence-corrected chi connectivity index (χ4v) is 2.35. The molecule has 0 heterocycles. The van der Waals surface area contributed by atoms with Crippen molar-refractivity contribution in [2.45, 2.75) is 13.0 Å². The smallest absolute Gasteiger partial charge is 0.251 e. The second-order valence-electron chi connectivity index (χ2n) is 5.71. The van der Waals surface area contributed by atoms with Crippen LogP contribution in [-0.2, 0) is 11.3 Å². The molecular weight excluding hydrogens is 332 g/mol. The van der Waals surface area contributed by atoms with Crippen LogP contribution in [0.5, 0.6) is 5.75 Å². The van der Waals surface area contributed by atoms with Crippen LogP contribution in [0.4, 0.5) is 0 Å². The van der Waals surface area contributed by atoms with Gasteiger partial charge in [0, 0.05) is 37.9 Å². The molecule has 2 amide bonds. The van der Waals surface area contributed by atoms with E-state index in [1.54, 1.807) is 38.5 Å². The van der Waals surface area contributed by atoms with Crippen LogP contribution in [0.1, 0.15) is 32.7 Å². The van der Waals surface area contributed by atoms with E-state index in [0.717, 1.165) is 17.7 Å². The number of benzene rings is 2. The van der Waals surface area contributed by atoms with Crippen molar-refractivity contribution in [1.29, 1.82) is 0 Å². The van der Waals surface area contributed by atoms with Crippen LogP contribution in [0.3, 0.4) is 0 Å². The molecular formula is C20H24N2O4. The van der Waals surface area contributed by atoms with E-state index in [9.17, 15) is 9.59 Å². The molecule has 2 rings (SSSR count). The van der Waals surface area contributed by atoms with E-state index >= 15 is 0 Å². The number of amides is 2. The first-order chi connectivity index (χ1) is 12.6. The van der Waals surface area contributed by atoms with Crippen LogP contribution in [0.25, 0.3) is 0 Å². The monoisotopic (exact) mass is 356 g/mol. The Morgan fingerprint density at radius 1 is 0.923 bits per heavy atom. The molecule has 0 saturated heterocycles. The summed E-state index contributed by atoms with van der Waals surface area (Å²) in [4.78, 5) is 24.5. The van der Waals surface area contributed by atoms with Gasteiger partial charge in [0.05, 0.1) is 7.11 Å². The molecule has 0 aromatic heterocycles. The first-order valence-electron chi connectivity index (χ1n) is 8.42. The Labute approximate surface area is 153 Å². The van der Waals surface area contributed by atoms with Crippen molar-refractivity contribution in [2.24, 2.45) is 0 Å². The lowest BCUT2D eigenvalue weighted by Crippen LogP contribution is -2.26. The second kappa shape index (κ2) is 10.2. The molecule has 0 atom stereocenters. The van der Waals surface area contributed by atoms with Gasteiger partial charge in [0.15, 0.2) is 0 Å². The Hall–Kier alpha value is -2.86. The molecule has 0 aliphatic heterocycles. The first-order valence-corrected chi connectivity index (χ1v) is 8.42. The van der Waals surface area contributed by atoms with Crippen LogP contribution in [0.15, 0.2) is 48.5 Å². The normalized spacial score (nSPS) is 10.2. The van der Waals surface area contributed by atoms with E-state index in [0.29, 0.717) is 30.8 Å². The largest absolute Gasteiger partial charge is 0.497 e. The van der Waals surface area contributed by atoms with E-state index in [1.165, 1.54) is 0 Å². The van der Waals surface area contributed by atoms with Gasteiger partial charge in [-0.15, -0.1) is 0 Å². The summed E-state index contributed by atoms with van der Waals surface area (Å²) in [5, 5.41) is 5.66. The van der Waals surface area contributed by atoms with Crippen molar-refractivity contribution in [2.75, 3.05) is 27.4 Å². The molecule has 0 aliphatic carbocycles. The summed E-state index contributed by atoms with van der Waals surface area (Å²) < 4.78 is 10.1.